The zero-order valence-electron chi connectivity index (χ0n) is 29.0. The fraction of sp³-hybridized carbons (Fsp3) is 0.295. The minimum Gasteiger partial charge on any atom is -0.494 e. The average molecular weight is 666 g/mol. The zero-order chi connectivity index (χ0) is 34.5. The van der Waals surface area contributed by atoms with E-state index < -0.39 is 11.6 Å². The van der Waals surface area contributed by atoms with E-state index in [2.05, 4.69) is 111 Å². The van der Waals surface area contributed by atoms with Gasteiger partial charge in [-0.05, 0) is 87.7 Å². The van der Waals surface area contributed by atoms with Crippen LogP contribution in [0.25, 0.3) is 28.0 Å². The Kier molecular flexibility index (Phi) is 8.15. The molecular weight excluding hydrogens is 622 g/mol. The number of fused-ring (bicyclic) bond motifs is 8. The molecule has 2 aliphatic heterocycles. The number of carbonyl (C=O) groups is 1. The summed E-state index contributed by atoms with van der Waals surface area (Å²) < 4.78 is 19.1. The number of rotatable bonds is 9. The van der Waals surface area contributed by atoms with Gasteiger partial charge in [0.2, 0.25) is 0 Å². The van der Waals surface area contributed by atoms with E-state index in [-0.39, 0.29) is 5.41 Å². The van der Waals surface area contributed by atoms with Crippen LogP contribution < -0.4 is 14.4 Å². The maximum absolute atomic E-state index is 12.1. The summed E-state index contributed by atoms with van der Waals surface area (Å²) in [4.78, 5) is 14.4. The van der Waals surface area contributed by atoms with E-state index in [4.69, 9.17) is 14.2 Å². The second-order valence-electron chi connectivity index (χ2n) is 14.2. The smallest absolute Gasteiger partial charge is 0.335 e. The highest BCUT2D eigenvalue weighted by Gasteiger charge is 2.44. The first-order valence-corrected chi connectivity index (χ1v) is 17.8. The standard InChI is InChI=1S/C44H43NO5/c1-4-5-24-49-33-17-13-31(14-18-33)44(28-29-10-15-32(16-11-29)45-22-25-48-26-23-45)21-20-36-40-39(34-8-6-7-9-35(34)41(36)50-44)37-27-30(42(46)47)12-19-38(37)43(40,2)3/h6-21,27H,4-5,22-26,28H2,1-3H3,(H,46,47). The third kappa shape index (κ3) is 5.43. The minimum atomic E-state index is -0.922. The summed E-state index contributed by atoms with van der Waals surface area (Å²) in [6.45, 7) is 10.6. The van der Waals surface area contributed by atoms with Crippen LogP contribution in [0.5, 0.6) is 11.5 Å². The van der Waals surface area contributed by atoms with Gasteiger partial charge in [-0.3, -0.25) is 0 Å². The van der Waals surface area contributed by atoms with E-state index in [0.717, 1.165) is 89.2 Å². The molecule has 1 fully saturated rings. The molecule has 0 spiro atoms. The predicted molar refractivity (Wildman–Crippen MR) is 200 cm³/mol. The molecule has 1 unspecified atom stereocenters. The lowest BCUT2D eigenvalue weighted by molar-refractivity contribution is 0.0697. The van der Waals surface area contributed by atoms with Gasteiger partial charge in [-0.2, -0.15) is 0 Å². The second-order valence-corrected chi connectivity index (χ2v) is 14.2. The fourth-order valence-electron chi connectivity index (χ4n) is 8.09. The van der Waals surface area contributed by atoms with Crippen molar-refractivity contribution in [2.75, 3.05) is 37.8 Å². The number of carboxylic acid groups (broad SMARTS) is 1. The van der Waals surface area contributed by atoms with Crippen molar-refractivity contribution in [1.29, 1.82) is 0 Å². The number of nitrogens with zero attached hydrogens (tertiary/aromatic N) is 1. The van der Waals surface area contributed by atoms with Crippen LogP contribution in [0, 0.1) is 0 Å². The Labute approximate surface area is 293 Å². The quantitative estimate of drug-likeness (QED) is 0.158. The van der Waals surface area contributed by atoms with E-state index in [0.29, 0.717) is 18.6 Å². The topological polar surface area (TPSA) is 68.2 Å². The third-order valence-electron chi connectivity index (χ3n) is 10.7. The SMILES string of the molecule is CCCCOc1ccc(C2(Cc3ccc(N4CCOCC4)cc3)C=Cc3c4c(c5ccccc5c3O2)-c2cc(C(=O)O)ccc2C4(C)C)cc1. The van der Waals surface area contributed by atoms with Crippen molar-refractivity contribution in [3.63, 3.8) is 0 Å². The van der Waals surface area contributed by atoms with E-state index in [1.807, 2.05) is 12.1 Å². The number of unbranched alkanes of at least 4 members (excludes halogenated alkanes) is 1. The van der Waals surface area contributed by atoms with Gasteiger partial charge in [-0.25, -0.2) is 4.79 Å². The molecular formula is C44H43NO5. The van der Waals surface area contributed by atoms with Crippen LogP contribution in [0.4, 0.5) is 5.69 Å². The number of anilines is 1. The summed E-state index contributed by atoms with van der Waals surface area (Å²) in [5.74, 6) is 0.791. The van der Waals surface area contributed by atoms with Gasteiger partial charge < -0.3 is 24.2 Å². The molecule has 0 aromatic heterocycles. The maximum Gasteiger partial charge on any atom is 0.335 e. The first-order valence-electron chi connectivity index (χ1n) is 17.8. The molecule has 5 aromatic carbocycles. The average Bonchev–Trinajstić information content (AvgIpc) is 3.39. The summed E-state index contributed by atoms with van der Waals surface area (Å²) in [6, 6.07) is 31.2. The highest BCUT2D eigenvalue weighted by Crippen LogP contribution is 2.58. The fourth-order valence-corrected chi connectivity index (χ4v) is 8.09. The molecule has 3 aliphatic rings. The molecule has 1 aliphatic carbocycles. The van der Waals surface area contributed by atoms with Crippen LogP contribution in [-0.4, -0.2) is 44.0 Å². The van der Waals surface area contributed by atoms with Crippen LogP contribution in [-0.2, 0) is 22.2 Å². The molecule has 6 heteroatoms. The molecule has 8 rings (SSSR count). The molecule has 1 N–H and O–H groups in total. The Balaban J connectivity index is 1.26. The zero-order valence-corrected chi connectivity index (χ0v) is 29.0. The second kappa shape index (κ2) is 12.7. The first kappa shape index (κ1) is 32.2. The predicted octanol–water partition coefficient (Wildman–Crippen LogP) is 9.40. The van der Waals surface area contributed by atoms with E-state index in [1.165, 1.54) is 16.8 Å². The number of morpholine rings is 1. The lowest BCUT2D eigenvalue weighted by atomic mass is 9.77. The van der Waals surface area contributed by atoms with Crippen molar-refractivity contribution in [1.82, 2.24) is 0 Å². The van der Waals surface area contributed by atoms with Gasteiger partial charge in [-0.1, -0.05) is 87.9 Å². The third-order valence-corrected chi connectivity index (χ3v) is 10.7. The van der Waals surface area contributed by atoms with Crippen LogP contribution in [0.1, 0.15) is 71.8 Å². The molecule has 254 valence electrons. The summed E-state index contributed by atoms with van der Waals surface area (Å²) in [5.41, 5.74) is 8.01. The number of benzene rings is 5. The van der Waals surface area contributed by atoms with Crippen LogP contribution in [0.2, 0.25) is 0 Å². The lowest BCUT2D eigenvalue weighted by Crippen LogP contribution is -2.36. The summed E-state index contributed by atoms with van der Waals surface area (Å²) in [5, 5.41) is 12.0. The summed E-state index contributed by atoms with van der Waals surface area (Å²) in [7, 11) is 0. The monoisotopic (exact) mass is 665 g/mol. The van der Waals surface area contributed by atoms with Gasteiger partial charge in [-0.15, -0.1) is 0 Å². The number of ether oxygens (including phenoxy) is 3. The Morgan fingerprint density at radius 2 is 1.66 bits per heavy atom. The van der Waals surface area contributed by atoms with Crippen molar-refractivity contribution in [2.24, 2.45) is 0 Å². The van der Waals surface area contributed by atoms with Crippen LogP contribution in [0.15, 0.2) is 97.1 Å². The molecule has 0 radical (unpaired) electrons. The highest BCUT2D eigenvalue weighted by atomic mass is 16.5. The highest BCUT2D eigenvalue weighted by molar-refractivity contribution is 6.09. The number of aromatic carboxylic acids is 1. The molecule has 2 heterocycles. The lowest BCUT2D eigenvalue weighted by Gasteiger charge is -2.38. The van der Waals surface area contributed by atoms with Gasteiger partial charge in [0.25, 0.3) is 0 Å². The van der Waals surface area contributed by atoms with Crippen molar-refractivity contribution in [3.05, 3.63) is 130 Å². The van der Waals surface area contributed by atoms with Crippen molar-refractivity contribution >= 4 is 28.5 Å². The number of hydrogen-bond donors (Lipinski definition) is 1. The molecule has 6 nitrogen and oxygen atoms in total. The van der Waals surface area contributed by atoms with Gasteiger partial charge in [0, 0.05) is 41.6 Å². The molecule has 1 atom stereocenters. The maximum atomic E-state index is 12.1. The van der Waals surface area contributed by atoms with E-state index in [9.17, 15) is 9.90 Å². The van der Waals surface area contributed by atoms with E-state index >= 15 is 0 Å². The van der Waals surface area contributed by atoms with Gasteiger partial charge in [0.1, 0.15) is 11.5 Å². The first-order chi connectivity index (χ1) is 24.3. The van der Waals surface area contributed by atoms with Crippen LogP contribution >= 0.6 is 0 Å². The van der Waals surface area contributed by atoms with Crippen molar-refractivity contribution < 1.29 is 24.1 Å². The molecule has 0 bridgehead atoms. The normalized spacial score (nSPS) is 18.7. The molecule has 50 heavy (non-hydrogen) atoms. The van der Waals surface area contributed by atoms with Crippen molar-refractivity contribution in [2.45, 2.75) is 51.0 Å². The Hall–Kier alpha value is -5.07. The Morgan fingerprint density at radius 1 is 0.920 bits per heavy atom. The van der Waals surface area contributed by atoms with Crippen molar-refractivity contribution in [3.8, 4) is 22.6 Å². The summed E-state index contributed by atoms with van der Waals surface area (Å²) >= 11 is 0. The molecule has 0 amide bonds. The van der Waals surface area contributed by atoms with Gasteiger partial charge in [0.05, 0.1) is 25.4 Å². The van der Waals surface area contributed by atoms with Gasteiger partial charge >= 0.3 is 5.97 Å². The molecule has 5 aromatic rings. The Morgan fingerprint density at radius 3 is 2.38 bits per heavy atom. The van der Waals surface area contributed by atoms with Gasteiger partial charge in [0.15, 0.2) is 5.60 Å². The molecule has 1 saturated heterocycles. The molecule has 0 saturated carbocycles. The van der Waals surface area contributed by atoms with E-state index in [1.54, 1.807) is 6.07 Å². The van der Waals surface area contributed by atoms with Crippen LogP contribution in [0.3, 0.4) is 0 Å². The number of carboxylic acids is 1. The summed E-state index contributed by atoms with van der Waals surface area (Å²) in [6.07, 6.45) is 7.23. The Bertz CT molecular complexity index is 2110. The minimum absolute atomic E-state index is 0.293. The largest absolute Gasteiger partial charge is 0.494 e. The number of hydrogen-bond acceptors (Lipinski definition) is 5.